The highest BCUT2D eigenvalue weighted by Gasteiger charge is 2.18. The normalized spacial score (nSPS) is 17.1. The zero-order valence-corrected chi connectivity index (χ0v) is 15.5. The number of benzene rings is 1. The molecule has 1 atom stereocenters. The summed E-state index contributed by atoms with van der Waals surface area (Å²) >= 11 is 0. The summed E-state index contributed by atoms with van der Waals surface area (Å²) in [4.78, 5) is 14.3. The number of hydrogen-bond donors (Lipinski definition) is 3. The number of nitrogens with one attached hydrogen (secondary N) is 2. The molecule has 0 unspecified atom stereocenters. The first-order chi connectivity index (χ1) is 12.0. The van der Waals surface area contributed by atoms with Gasteiger partial charge in [-0.25, -0.2) is 4.79 Å². The maximum absolute atomic E-state index is 12.0. The molecule has 1 aromatic carbocycles. The summed E-state index contributed by atoms with van der Waals surface area (Å²) < 4.78 is 5.44. The van der Waals surface area contributed by atoms with Crippen molar-refractivity contribution < 1.29 is 14.6 Å². The van der Waals surface area contributed by atoms with Crippen molar-refractivity contribution in [1.82, 2.24) is 10.2 Å². The van der Waals surface area contributed by atoms with E-state index in [2.05, 4.69) is 22.5 Å². The number of β-amino-alcohol motifs (C(OH)–C–C–N with tert-alkyl or cyclic N) is 1. The summed E-state index contributed by atoms with van der Waals surface area (Å²) in [6, 6.07) is 5.24. The predicted molar refractivity (Wildman–Crippen MR) is 100 cm³/mol. The molecule has 0 spiro atoms. The standard InChI is InChI=1S/C19H31N3O3/c1-4-25-17-5-6-18(15(3)11-17)21-19(24)20-12-16(23)13-22-9-7-14(2)8-10-22/h5-6,11,14,16,23H,4,7-10,12-13H2,1-3H3,(H2,20,21,24)/t16-/m1/s1. The minimum Gasteiger partial charge on any atom is -0.494 e. The average Bonchev–Trinajstić information content (AvgIpc) is 2.58. The van der Waals surface area contributed by atoms with Crippen LogP contribution in [-0.4, -0.2) is 54.9 Å². The minimum absolute atomic E-state index is 0.244. The number of carbonyl (C=O) groups excluding carboxylic acids is 1. The Morgan fingerprint density at radius 2 is 2.12 bits per heavy atom. The van der Waals surface area contributed by atoms with E-state index < -0.39 is 6.10 Å². The van der Waals surface area contributed by atoms with Crippen LogP contribution < -0.4 is 15.4 Å². The molecule has 0 bridgehead atoms. The van der Waals surface area contributed by atoms with Gasteiger partial charge in [0.25, 0.3) is 0 Å². The molecule has 0 aliphatic carbocycles. The Labute approximate surface area is 150 Å². The molecule has 0 saturated carbocycles. The zero-order valence-electron chi connectivity index (χ0n) is 15.5. The van der Waals surface area contributed by atoms with Gasteiger partial charge in [0.2, 0.25) is 0 Å². The Morgan fingerprint density at radius 1 is 1.40 bits per heavy atom. The second-order valence-electron chi connectivity index (χ2n) is 6.88. The number of urea groups is 1. The lowest BCUT2D eigenvalue weighted by molar-refractivity contribution is 0.0924. The van der Waals surface area contributed by atoms with Crippen molar-refractivity contribution in [2.24, 2.45) is 5.92 Å². The number of aliphatic hydroxyl groups is 1. The summed E-state index contributed by atoms with van der Waals surface area (Å²) in [6.45, 7) is 9.63. The van der Waals surface area contributed by atoms with Crippen LogP contribution in [-0.2, 0) is 0 Å². The van der Waals surface area contributed by atoms with Gasteiger partial charge in [-0.3, -0.25) is 0 Å². The highest BCUT2D eigenvalue weighted by atomic mass is 16.5. The van der Waals surface area contributed by atoms with Crippen LogP contribution in [0.2, 0.25) is 0 Å². The van der Waals surface area contributed by atoms with E-state index in [0.717, 1.165) is 36.0 Å². The Kier molecular flexibility index (Phi) is 7.52. The molecule has 1 fully saturated rings. The van der Waals surface area contributed by atoms with E-state index >= 15 is 0 Å². The number of ether oxygens (including phenoxy) is 1. The highest BCUT2D eigenvalue weighted by Crippen LogP contribution is 2.21. The molecule has 25 heavy (non-hydrogen) atoms. The lowest BCUT2D eigenvalue weighted by Gasteiger charge is -2.31. The second kappa shape index (κ2) is 9.63. The smallest absolute Gasteiger partial charge is 0.319 e. The third-order valence-corrected chi connectivity index (χ3v) is 4.60. The van der Waals surface area contributed by atoms with Gasteiger partial charge in [-0.05, 0) is 69.5 Å². The summed E-state index contributed by atoms with van der Waals surface area (Å²) in [5, 5.41) is 15.7. The van der Waals surface area contributed by atoms with E-state index in [9.17, 15) is 9.90 Å². The van der Waals surface area contributed by atoms with Gasteiger partial charge in [-0.1, -0.05) is 6.92 Å². The van der Waals surface area contributed by atoms with Gasteiger partial charge in [0.05, 0.1) is 12.7 Å². The van der Waals surface area contributed by atoms with Crippen LogP contribution in [0.15, 0.2) is 18.2 Å². The van der Waals surface area contributed by atoms with Gasteiger partial charge in [-0.15, -0.1) is 0 Å². The van der Waals surface area contributed by atoms with Gasteiger partial charge in [0, 0.05) is 18.8 Å². The van der Waals surface area contributed by atoms with E-state index in [1.54, 1.807) is 0 Å². The molecular formula is C19H31N3O3. The van der Waals surface area contributed by atoms with Crippen LogP contribution >= 0.6 is 0 Å². The number of piperidine rings is 1. The molecule has 0 aromatic heterocycles. The highest BCUT2D eigenvalue weighted by molar-refractivity contribution is 5.90. The first-order valence-electron chi connectivity index (χ1n) is 9.16. The lowest BCUT2D eigenvalue weighted by Crippen LogP contribution is -2.43. The molecule has 1 aliphatic heterocycles. The largest absolute Gasteiger partial charge is 0.494 e. The number of carbonyl (C=O) groups is 1. The van der Waals surface area contributed by atoms with E-state index in [1.165, 1.54) is 12.8 Å². The maximum atomic E-state index is 12.0. The van der Waals surface area contributed by atoms with Crippen molar-refractivity contribution in [3.8, 4) is 5.75 Å². The summed E-state index contributed by atoms with van der Waals surface area (Å²) in [7, 11) is 0. The maximum Gasteiger partial charge on any atom is 0.319 e. The number of anilines is 1. The van der Waals surface area contributed by atoms with Crippen molar-refractivity contribution in [3.05, 3.63) is 23.8 Å². The number of likely N-dealkylation sites (tertiary alicyclic amines) is 1. The van der Waals surface area contributed by atoms with Gasteiger partial charge >= 0.3 is 6.03 Å². The van der Waals surface area contributed by atoms with E-state index in [0.29, 0.717) is 13.2 Å². The molecule has 6 heteroatoms. The second-order valence-corrected chi connectivity index (χ2v) is 6.88. The van der Waals surface area contributed by atoms with E-state index in [1.807, 2.05) is 32.0 Å². The number of rotatable bonds is 7. The predicted octanol–water partition coefficient (Wildman–Crippen LogP) is 2.61. The Bertz CT molecular complexity index is 557. The fourth-order valence-corrected chi connectivity index (χ4v) is 3.02. The van der Waals surface area contributed by atoms with Crippen molar-refractivity contribution in [3.63, 3.8) is 0 Å². The minimum atomic E-state index is -0.555. The molecule has 1 aliphatic rings. The average molecular weight is 349 g/mol. The number of aliphatic hydroxyl groups excluding tert-OH is 1. The number of nitrogens with zero attached hydrogens (tertiary/aromatic N) is 1. The first kappa shape index (κ1) is 19.5. The van der Waals surface area contributed by atoms with Crippen LogP contribution in [0.4, 0.5) is 10.5 Å². The number of aryl methyl sites for hydroxylation is 1. The molecule has 1 aromatic rings. The molecule has 1 heterocycles. The Morgan fingerprint density at radius 3 is 2.76 bits per heavy atom. The molecule has 2 amide bonds. The summed E-state index contributed by atoms with van der Waals surface area (Å²) in [5.74, 6) is 1.56. The molecule has 6 nitrogen and oxygen atoms in total. The first-order valence-corrected chi connectivity index (χ1v) is 9.16. The SMILES string of the molecule is CCOc1ccc(NC(=O)NC[C@@H](O)CN2CCC(C)CC2)c(C)c1. The number of hydrogen-bond acceptors (Lipinski definition) is 4. The zero-order chi connectivity index (χ0) is 18.2. The molecule has 1 saturated heterocycles. The van der Waals surface area contributed by atoms with Crippen LogP contribution in [0.5, 0.6) is 5.75 Å². The van der Waals surface area contributed by atoms with Crippen LogP contribution in [0.1, 0.15) is 32.3 Å². The van der Waals surface area contributed by atoms with Crippen molar-refractivity contribution in [2.45, 2.75) is 39.7 Å². The summed E-state index contributed by atoms with van der Waals surface area (Å²) in [6.07, 6.45) is 1.80. The third-order valence-electron chi connectivity index (χ3n) is 4.60. The molecule has 140 valence electrons. The van der Waals surface area contributed by atoms with E-state index in [-0.39, 0.29) is 12.6 Å². The van der Waals surface area contributed by atoms with Crippen LogP contribution in [0.25, 0.3) is 0 Å². The fraction of sp³-hybridized carbons (Fsp3) is 0.632. The van der Waals surface area contributed by atoms with Crippen molar-refractivity contribution in [2.75, 3.05) is 38.1 Å². The van der Waals surface area contributed by atoms with Gasteiger partial charge in [0.1, 0.15) is 5.75 Å². The Balaban J connectivity index is 1.73. The van der Waals surface area contributed by atoms with Crippen LogP contribution in [0.3, 0.4) is 0 Å². The third kappa shape index (κ3) is 6.55. The summed E-state index contributed by atoms with van der Waals surface area (Å²) in [5.41, 5.74) is 1.67. The van der Waals surface area contributed by atoms with Gasteiger partial charge in [-0.2, -0.15) is 0 Å². The van der Waals surface area contributed by atoms with Crippen molar-refractivity contribution in [1.29, 1.82) is 0 Å². The molecule has 0 radical (unpaired) electrons. The van der Waals surface area contributed by atoms with Crippen molar-refractivity contribution >= 4 is 11.7 Å². The van der Waals surface area contributed by atoms with Crippen LogP contribution in [0, 0.1) is 12.8 Å². The lowest BCUT2D eigenvalue weighted by atomic mass is 9.99. The fourth-order valence-electron chi connectivity index (χ4n) is 3.02. The topological polar surface area (TPSA) is 73.8 Å². The Hall–Kier alpha value is -1.79. The molecule has 3 N–H and O–H groups in total. The quantitative estimate of drug-likeness (QED) is 0.707. The van der Waals surface area contributed by atoms with E-state index in [4.69, 9.17) is 4.74 Å². The molecular weight excluding hydrogens is 318 g/mol. The number of amides is 2. The van der Waals surface area contributed by atoms with Gasteiger partial charge in [0.15, 0.2) is 0 Å². The monoisotopic (exact) mass is 349 g/mol. The molecule has 2 rings (SSSR count). The van der Waals surface area contributed by atoms with Gasteiger partial charge < -0.3 is 25.4 Å².